The molecule has 18 nitrogen and oxygen atoms in total. The molecule has 4 N–H and O–H groups in total. The molecule has 0 fully saturated rings. The maximum Gasteiger partial charge on any atom is 0.293 e. The smallest absolute Gasteiger partial charge is 0.293 e. The Labute approximate surface area is 336 Å². The summed E-state index contributed by atoms with van der Waals surface area (Å²) in [7, 11) is -8.06. The molecular formula is C38H44N8O10S2. The first-order valence-electron chi connectivity index (χ1n) is 18.2. The summed E-state index contributed by atoms with van der Waals surface area (Å²) in [5.74, 6) is -2.85. The van der Waals surface area contributed by atoms with Crippen molar-refractivity contribution in [1.29, 1.82) is 0 Å². The lowest BCUT2D eigenvalue weighted by Gasteiger charge is -2.23. The summed E-state index contributed by atoms with van der Waals surface area (Å²) in [4.78, 5) is 70.7. The molecule has 3 heterocycles. The van der Waals surface area contributed by atoms with Crippen molar-refractivity contribution in [2.24, 2.45) is 0 Å². The van der Waals surface area contributed by atoms with Gasteiger partial charge in [0.2, 0.25) is 20.0 Å². The number of fused-ring (bicyclic) bond motifs is 4. The van der Waals surface area contributed by atoms with Crippen molar-refractivity contribution < 1.29 is 45.7 Å². The quantitative estimate of drug-likeness (QED) is 0.230. The van der Waals surface area contributed by atoms with Crippen LogP contribution in [0.4, 0.5) is 0 Å². The Morgan fingerprint density at radius 2 is 0.845 bits per heavy atom. The summed E-state index contributed by atoms with van der Waals surface area (Å²) in [5.41, 5.74) is 5.69. The Balaban J connectivity index is 1.34. The van der Waals surface area contributed by atoms with Gasteiger partial charge in [-0.3, -0.25) is 28.9 Å². The van der Waals surface area contributed by atoms with Crippen LogP contribution in [0.3, 0.4) is 0 Å². The number of pyridine rings is 2. The second kappa shape index (κ2) is 20.2. The van der Waals surface area contributed by atoms with Gasteiger partial charge in [-0.15, -0.1) is 0 Å². The molecule has 1 aliphatic rings. The first kappa shape index (κ1) is 43.5. The van der Waals surface area contributed by atoms with Crippen LogP contribution in [0.15, 0.2) is 94.7 Å². The van der Waals surface area contributed by atoms with E-state index in [1.165, 1.54) is 69.3 Å². The van der Waals surface area contributed by atoms with E-state index < -0.39 is 43.7 Å². The molecule has 5 rings (SSSR count). The third-order valence-corrected chi connectivity index (χ3v) is 12.5. The van der Waals surface area contributed by atoms with E-state index in [2.05, 4.69) is 31.6 Å². The van der Waals surface area contributed by atoms with Crippen LogP contribution in [0.5, 0.6) is 0 Å². The lowest BCUT2D eigenvalue weighted by atomic mass is 10.2. The molecule has 0 unspecified atom stereocenters. The number of nitrogens with zero attached hydrogens (tertiary/aromatic N) is 4. The topological polar surface area (TPSA) is 235 Å². The van der Waals surface area contributed by atoms with Gasteiger partial charge in [-0.1, -0.05) is 47.5 Å². The third-order valence-electron chi connectivity index (χ3n) is 8.68. The van der Waals surface area contributed by atoms with Crippen molar-refractivity contribution in [3.8, 4) is 0 Å². The molecule has 4 aromatic rings. The van der Waals surface area contributed by atoms with Crippen molar-refractivity contribution in [3.63, 3.8) is 0 Å². The van der Waals surface area contributed by atoms with Crippen molar-refractivity contribution in [2.75, 3.05) is 52.5 Å². The number of rotatable bonds is 4. The molecule has 4 amide bonds. The average Bonchev–Trinajstić information content (AvgIpc) is 3.21. The molecule has 0 saturated heterocycles. The van der Waals surface area contributed by atoms with E-state index in [-0.39, 0.29) is 97.9 Å². The molecule has 308 valence electrons. The molecule has 4 bridgehead atoms. The van der Waals surface area contributed by atoms with E-state index in [1.807, 2.05) is 13.8 Å². The highest BCUT2D eigenvalue weighted by Crippen LogP contribution is 2.18. The minimum atomic E-state index is -4.03. The number of hydrogen-bond donors (Lipinski definition) is 4. The molecule has 20 heteroatoms. The van der Waals surface area contributed by atoms with Gasteiger partial charge in [-0.2, -0.15) is 8.61 Å². The van der Waals surface area contributed by atoms with Crippen LogP contribution in [-0.4, -0.2) is 112 Å². The average molecular weight is 837 g/mol. The minimum absolute atomic E-state index is 0.0429. The van der Waals surface area contributed by atoms with Crippen LogP contribution in [0.2, 0.25) is 0 Å². The third kappa shape index (κ3) is 11.7. The molecule has 2 aromatic heterocycles. The molecule has 0 saturated carbocycles. The first-order valence-corrected chi connectivity index (χ1v) is 21.1. The van der Waals surface area contributed by atoms with Gasteiger partial charge in [0.1, 0.15) is 22.8 Å². The summed E-state index contributed by atoms with van der Waals surface area (Å²) >= 11 is 0. The Hall–Kier alpha value is -5.64. The summed E-state index contributed by atoms with van der Waals surface area (Å²) in [5, 5.41) is 5.29. The first-order chi connectivity index (χ1) is 27.8. The van der Waals surface area contributed by atoms with E-state index in [9.17, 15) is 36.0 Å². The molecule has 2 aromatic carbocycles. The van der Waals surface area contributed by atoms with Crippen molar-refractivity contribution >= 4 is 43.7 Å². The highest BCUT2D eigenvalue weighted by Gasteiger charge is 2.26. The number of sulfonamides is 2. The monoisotopic (exact) mass is 836 g/mol. The lowest BCUT2D eigenvalue weighted by molar-refractivity contribution is 0.0279. The Kier molecular flexibility index (Phi) is 15.1. The summed E-state index contributed by atoms with van der Waals surface area (Å²) in [6.07, 6.45) is 0.280. The van der Waals surface area contributed by atoms with Crippen LogP contribution >= 0.6 is 0 Å². The summed E-state index contributed by atoms with van der Waals surface area (Å²) < 4.78 is 56.9. The van der Waals surface area contributed by atoms with Gasteiger partial charge in [0.25, 0.3) is 23.6 Å². The Bertz CT molecular complexity index is 2160. The van der Waals surface area contributed by atoms with Gasteiger partial charge in [0.05, 0.1) is 23.0 Å². The fourth-order valence-corrected chi connectivity index (χ4v) is 8.49. The predicted molar refractivity (Wildman–Crippen MR) is 209 cm³/mol. The van der Waals surface area contributed by atoms with E-state index >= 15 is 0 Å². The fraction of sp³-hybridized carbons (Fsp3) is 0.316. The normalized spacial score (nSPS) is 17.1. The summed E-state index contributed by atoms with van der Waals surface area (Å²) in [6.45, 7) is 2.83. The second-order valence-electron chi connectivity index (χ2n) is 13.0. The van der Waals surface area contributed by atoms with Crippen molar-refractivity contribution in [2.45, 2.75) is 36.5 Å². The number of nitrogens with one attached hydrogen (secondary N) is 4. The molecule has 1 aliphatic heterocycles. The van der Waals surface area contributed by atoms with Gasteiger partial charge >= 0.3 is 0 Å². The Morgan fingerprint density at radius 3 is 1.21 bits per heavy atom. The molecule has 58 heavy (non-hydrogen) atoms. The van der Waals surface area contributed by atoms with Crippen LogP contribution < -0.4 is 21.6 Å². The van der Waals surface area contributed by atoms with E-state index in [0.29, 0.717) is 0 Å². The fourth-order valence-electron chi connectivity index (χ4n) is 5.53. The molecule has 0 spiro atoms. The SMILES string of the molecule is Cc1ccc(S(=O)(=O)N2CCCONC(=O)c3cccc(n3)C(=O)NOCCCN(S(=O)(=O)c3ccc(C)cc3)CCNC(=O)c3cccc(n3)C(=O)NCC2)cc1. The maximum atomic E-state index is 13.6. The number of aryl methyl sites for hydroxylation is 2. The number of carbonyl (C=O) groups is 4. The zero-order valence-corrected chi connectivity index (χ0v) is 33.5. The van der Waals surface area contributed by atoms with E-state index in [4.69, 9.17) is 9.68 Å². The standard InChI is InChI=1S/C38H44N8O10S2/c1-27-11-15-29(16-12-27)57(51,52)45-21-5-25-55-43-37(49)33-9-4-10-34(42-33)38(50)44-56-26-6-22-46(58(53,54)30-17-13-28(2)14-18-30)24-20-40-36(48)32-8-3-7-31(41-32)35(47)39-19-23-45/h3-4,7-18H,5-6,19-26H2,1-2H3,(H,39,47)(H,40,48)(H,43,49)(H,44,50). The molecule has 0 aliphatic carbocycles. The van der Waals surface area contributed by atoms with E-state index in [0.717, 1.165) is 11.1 Å². The maximum absolute atomic E-state index is 13.6. The van der Waals surface area contributed by atoms with Crippen molar-refractivity contribution in [1.82, 2.24) is 40.2 Å². The van der Waals surface area contributed by atoms with Crippen LogP contribution in [0, 0.1) is 13.8 Å². The van der Waals surface area contributed by atoms with Gasteiger partial charge < -0.3 is 10.6 Å². The Morgan fingerprint density at radius 1 is 0.500 bits per heavy atom. The summed E-state index contributed by atoms with van der Waals surface area (Å²) in [6, 6.07) is 21.0. The molecular weight excluding hydrogens is 793 g/mol. The second-order valence-corrected chi connectivity index (χ2v) is 16.9. The number of aromatic nitrogens is 2. The van der Waals surface area contributed by atoms with Gasteiger partial charge in [0, 0.05) is 39.3 Å². The highest BCUT2D eigenvalue weighted by atomic mass is 32.2. The zero-order chi connectivity index (χ0) is 41.7. The van der Waals surface area contributed by atoms with Crippen LogP contribution in [-0.2, 0) is 29.7 Å². The van der Waals surface area contributed by atoms with Gasteiger partial charge in [-0.25, -0.2) is 37.8 Å². The highest BCUT2D eigenvalue weighted by molar-refractivity contribution is 7.89. The zero-order valence-electron chi connectivity index (χ0n) is 31.8. The lowest BCUT2D eigenvalue weighted by Crippen LogP contribution is -2.40. The van der Waals surface area contributed by atoms with Crippen LogP contribution in [0.25, 0.3) is 0 Å². The number of hydroxylamine groups is 2. The van der Waals surface area contributed by atoms with Crippen LogP contribution in [0.1, 0.15) is 65.9 Å². The predicted octanol–water partition coefficient (Wildman–Crippen LogP) is 1.75. The largest absolute Gasteiger partial charge is 0.349 e. The number of hydrogen-bond acceptors (Lipinski definition) is 12. The minimum Gasteiger partial charge on any atom is -0.349 e. The van der Waals surface area contributed by atoms with Gasteiger partial charge in [-0.05, 0) is 75.2 Å². The molecule has 0 radical (unpaired) electrons. The number of amides is 4. The van der Waals surface area contributed by atoms with Gasteiger partial charge in [0.15, 0.2) is 0 Å². The van der Waals surface area contributed by atoms with E-state index in [1.54, 1.807) is 24.3 Å². The van der Waals surface area contributed by atoms with Crippen molar-refractivity contribution in [3.05, 3.63) is 119 Å². The number of benzene rings is 2. The molecule has 0 atom stereocenters. The number of carbonyl (C=O) groups excluding carboxylic acids is 4.